The highest BCUT2D eigenvalue weighted by molar-refractivity contribution is 6.30. The number of rotatable bonds is 3. The van der Waals surface area contributed by atoms with E-state index in [-0.39, 0.29) is 0 Å². The van der Waals surface area contributed by atoms with Crippen LogP contribution in [-0.2, 0) is 0 Å². The van der Waals surface area contributed by atoms with E-state index in [1.165, 1.54) is 0 Å². The second kappa shape index (κ2) is 5.72. The summed E-state index contributed by atoms with van der Waals surface area (Å²) >= 11 is 5.98. The predicted molar refractivity (Wildman–Crippen MR) is 82.2 cm³/mol. The molecule has 0 aliphatic carbocycles. The van der Waals surface area contributed by atoms with Crippen LogP contribution in [0.5, 0.6) is 0 Å². The number of pyridine rings is 2. The molecule has 0 unspecified atom stereocenters. The Morgan fingerprint density at radius 3 is 2.45 bits per heavy atom. The van der Waals surface area contributed by atoms with Gasteiger partial charge in [0, 0.05) is 34.9 Å². The summed E-state index contributed by atoms with van der Waals surface area (Å²) in [7, 11) is 0. The molecular formula is C16H12ClN3. The Hall–Kier alpha value is -2.39. The number of anilines is 2. The Morgan fingerprint density at radius 1 is 0.800 bits per heavy atom. The van der Waals surface area contributed by atoms with Gasteiger partial charge in [0.2, 0.25) is 0 Å². The summed E-state index contributed by atoms with van der Waals surface area (Å²) in [4.78, 5) is 8.28. The van der Waals surface area contributed by atoms with Gasteiger partial charge in [0.1, 0.15) is 0 Å². The lowest BCUT2D eigenvalue weighted by Crippen LogP contribution is -1.92. The van der Waals surface area contributed by atoms with Crippen LogP contribution in [-0.4, -0.2) is 9.97 Å². The van der Waals surface area contributed by atoms with Gasteiger partial charge in [-0.05, 0) is 42.0 Å². The van der Waals surface area contributed by atoms with Gasteiger partial charge in [-0.1, -0.05) is 17.7 Å². The molecule has 0 aliphatic heterocycles. The highest BCUT2D eigenvalue weighted by Crippen LogP contribution is 2.24. The third-order valence-corrected chi connectivity index (χ3v) is 3.10. The molecule has 0 atom stereocenters. The van der Waals surface area contributed by atoms with Crippen molar-refractivity contribution in [2.45, 2.75) is 0 Å². The van der Waals surface area contributed by atoms with Crippen LogP contribution in [0.2, 0.25) is 5.02 Å². The molecule has 0 spiro atoms. The smallest absolute Gasteiger partial charge is 0.0576 e. The van der Waals surface area contributed by atoms with Crippen molar-refractivity contribution in [1.29, 1.82) is 0 Å². The lowest BCUT2D eigenvalue weighted by Gasteiger charge is -2.08. The van der Waals surface area contributed by atoms with Gasteiger partial charge in [-0.2, -0.15) is 0 Å². The van der Waals surface area contributed by atoms with Crippen LogP contribution < -0.4 is 5.32 Å². The summed E-state index contributed by atoms with van der Waals surface area (Å²) in [6.45, 7) is 0. The van der Waals surface area contributed by atoms with Gasteiger partial charge >= 0.3 is 0 Å². The van der Waals surface area contributed by atoms with Crippen LogP contribution in [0.1, 0.15) is 0 Å². The summed E-state index contributed by atoms with van der Waals surface area (Å²) in [6, 6.07) is 13.6. The van der Waals surface area contributed by atoms with Crippen LogP contribution in [0.25, 0.3) is 11.1 Å². The number of nitrogens with one attached hydrogen (secondary N) is 1. The van der Waals surface area contributed by atoms with E-state index in [1.807, 2.05) is 48.7 Å². The Bertz CT molecular complexity index is 714. The first kappa shape index (κ1) is 12.6. The van der Waals surface area contributed by atoms with E-state index in [0.717, 1.165) is 22.5 Å². The lowest BCUT2D eigenvalue weighted by atomic mass is 10.1. The number of hydrogen-bond acceptors (Lipinski definition) is 3. The molecule has 0 saturated heterocycles. The molecule has 0 bridgehead atoms. The zero-order valence-corrected chi connectivity index (χ0v) is 11.4. The van der Waals surface area contributed by atoms with Crippen molar-refractivity contribution in [3.63, 3.8) is 0 Å². The average Bonchev–Trinajstić information content (AvgIpc) is 2.48. The van der Waals surface area contributed by atoms with Crippen molar-refractivity contribution in [3.05, 3.63) is 72.3 Å². The van der Waals surface area contributed by atoms with Crippen LogP contribution in [0.4, 0.5) is 11.4 Å². The topological polar surface area (TPSA) is 37.8 Å². The van der Waals surface area contributed by atoms with Crippen molar-refractivity contribution in [2.24, 2.45) is 0 Å². The summed E-state index contributed by atoms with van der Waals surface area (Å²) < 4.78 is 0. The van der Waals surface area contributed by atoms with Crippen molar-refractivity contribution < 1.29 is 0 Å². The standard InChI is InChI=1S/C16H12ClN3/c17-14-2-1-3-15(9-14)20-16-8-13(10-19-11-16)12-4-6-18-7-5-12/h1-11,20H. The molecule has 3 rings (SSSR count). The van der Waals surface area contributed by atoms with E-state index in [4.69, 9.17) is 11.6 Å². The fourth-order valence-electron chi connectivity index (χ4n) is 1.94. The molecule has 0 amide bonds. The molecule has 3 nitrogen and oxygen atoms in total. The molecule has 1 aromatic carbocycles. The van der Waals surface area contributed by atoms with Crippen LogP contribution in [0.3, 0.4) is 0 Å². The molecule has 98 valence electrons. The maximum absolute atomic E-state index is 5.98. The number of hydrogen-bond donors (Lipinski definition) is 1. The van der Waals surface area contributed by atoms with Gasteiger partial charge < -0.3 is 5.32 Å². The largest absolute Gasteiger partial charge is 0.354 e. The number of benzene rings is 1. The van der Waals surface area contributed by atoms with Crippen LogP contribution in [0.15, 0.2) is 67.3 Å². The van der Waals surface area contributed by atoms with Gasteiger partial charge in [-0.15, -0.1) is 0 Å². The van der Waals surface area contributed by atoms with Gasteiger partial charge in [0.05, 0.1) is 11.9 Å². The monoisotopic (exact) mass is 281 g/mol. The summed E-state index contributed by atoms with van der Waals surface area (Å²) in [5.74, 6) is 0. The first-order valence-electron chi connectivity index (χ1n) is 6.19. The Kier molecular flexibility index (Phi) is 3.61. The zero-order valence-electron chi connectivity index (χ0n) is 10.6. The molecule has 2 heterocycles. The molecule has 0 fully saturated rings. The van der Waals surface area contributed by atoms with Crippen LogP contribution >= 0.6 is 11.6 Å². The highest BCUT2D eigenvalue weighted by Gasteiger charge is 2.01. The average molecular weight is 282 g/mol. The summed E-state index contributed by atoms with van der Waals surface area (Å²) in [5.41, 5.74) is 3.98. The van der Waals surface area contributed by atoms with Gasteiger partial charge in [-0.3, -0.25) is 9.97 Å². The third kappa shape index (κ3) is 2.95. The van der Waals surface area contributed by atoms with Crippen LogP contribution in [0, 0.1) is 0 Å². The fourth-order valence-corrected chi connectivity index (χ4v) is 2.13. The first-order valence-corrected chi connectivity index (χ1v) is 6.57. The molecule has 1 N–H and O–H groups in total. The first-order chi connectivity index (χ1) is 9.81. The van der Waals surface area contributed by atoms with E-state index in [0.29, 0.717) is 5.02 Å². The molecule has 0 saturated carbocycles. The number of aromatic nitrogens is 2. The van der Waals surface area contributed by atoms with E-state index >= 15 is 0 Å². The van der Waals surface area contributed by atoms with Gasteiger partial charge in [0.15, 0.2) is 0 Å². The fraction of sp³-hybridized carbons (Fsp3) is 0. The Morgan fingerprint density at radius 2 is 1.65 bits per heavy atom. The number of halogens is 1. The van der Waals surface area contributed by atoms with E-state index in [9.17, 15) is 0 Å². The van der Waals surface area contributed by atoms with E-state index < -0.39 is 0 Å². The SMILES string of the molecule is Clc1cccc(Nc2cncc(-c3ccncc3)c2)c1. The Balaban J connectivity index is 1.88. The molecule has 0 radical (unpaired) electrons. The molecule has 3 aromatic rings. The maximum atomic E-state index is 5.98. The Labute approximate surface area is 122 Å². The second-order valence-corrected chi connectivity index (χ2v) is 4.77. The highest BCUT2D eigenvalue weighted by atomic mass is 35.5. The van der Waals surface area contributed by atoms with Crippen molar-refractivity contribution in [2.75, 3.05) is 5.32 Å². The summed E-state index contributed by atoms with van der Waals surface area (Å²) in [5, 5.41) is 3.99. The molecule has 2 aromatic heterocycles. The van der Waals surface area contributed by atoms with Crippen molar-refractivity contribution >= 4 is 23.0 Å². The van der Waals surface area contributed by atoms with E-state index in [2.05, 4.69) is 15.3 Å². The third-order valence-electron chi connectivity index (χ3n) is 2.87. The minimum absolute atomic E-state index is 0.702. The van der Waals surface area contributed by atoms with Gasteiger partial charge in [0.25, 0.3) is 0 Å². The second-order valence-electron chi connectivity index (χ2n) is 4.33. The zero-order chi connectivity index (χ0) is 13.8. The maximum Gasteiger partial charge on any atom is 0.0576 e. The normalized spacial score (nSPS) is 10.2. The van der Waals surface area contributed by atoms with Crippen molar-refractivity contribution in [1.82, 2.24) is 9.97 Å². The predicted octanol–water partition coefficient (Wildman–Crippen LogP) is 4.54. The minimum Gasteiger partial charge on any atom is -0.354 e. The lowest BCUT2D eigenvalue weighted by molar-refractivity contribution is 1.30. The quantitative estimate of drug-likeness (QED) is 0.766. The number of nitrogens with zero attached hydrogens (tertiary/aromatic N) is 2. The van der Waals surface area contributed by atoms with Crippen molar-refractivity contribution in [3.8, 4) is 11.1 Å². The molecular weight excluding hydrogens is 270 g/mol. The van der Waals surface area contributed by atoms with E-state index in [1.54, 1.807) is 18.6 Å². The van der Waals surface area contributed by atoms with Gasteiger partial charge in [-0.25, -0.2) is 0 Å². The summed E-state index contributed by atoms with van der Waals surface area (Å²) in [6.07, 6.45) is 7.16. The molecule has 20 heavy (non-hydrogen) atoms. The molecule has 0 aliphatic rings. The molecule has 4 heteroatoms. The minimum atomic E-state index is 0.702.